The second-order valence-electron chi connectivity index (χ2n) is 6.71. The molecule has 1 aromatic carbocycles. The molecule has 1 aliphatic rings. The number of amides is 1. The third kappa shape index (κ3) is 4.14. The van der Waals surface area contributed by atoms with Crippen molar-refractivity contribution in [1.29, 1.82) is 0 Å². The van der Waals surface area contributed by atoms with Crippen molar-refractivity contribution in [1.82, 2.24) is 15.2 Å². The minimum Gasteiger partial charge on any atom is -0.459 e. The Morgan fingerprint density at radius 1 is 1.26 bits per heavy atom. The topological polar surface area (TPSA) is 61.6 Å². The first kappa shape index (κ1) is 18.0. The van der Waals surface area contributed by atoms with Crippen molar-refractivity contribution in [2.24, 2.45) is 0 Å². The van der Waals surface area contributed by atoms with Gasteiger partial charge in [0.05, 0.1) is 16.5 Å². The molecule has 1 amide bonds. The summed E-state index contributed by atoms with van der Waals surface area (Å²) >= 11 is 1.78. The molecule has 4 rings (SSSR count). The van der Waals surface area contributed by atoms with Gasteiger partial charge >= 0.3 is 0 Å². The molecule has 0 aliphatic carbocycles. The summed E-state index contributed by atoms with van der Waals surface area (Å²) in [5.74, 6) is 0.210. The number of aromatic nitrogens is 1. The van der Waals surface area contributed by atoms with Gasteiger partial charge in [-0.2, -0.15) is 0 Å². The third-order valence-corrected chi connectivity index (χ3v) is 6.03. The molecule has 0 radical (unpaired) electrons. The van der Waals surface area contributed by atoms with Gasteiger partial charge in [0.25, 0.3) is 5.91 Å². The maximum atomic E-state index is 11.9. The predicted molar refractivity (Wildman–Crippen MR) is 109 cm³/mol. The smallest absolute Gasteiger partial charge is 0.287 e. The van der Waals surface area contributed by atoms with Crippen LogP contribution in [0.5, 0.6) is 0 Å². The summed E-state index contributed by atoms with van der Waals surface area (Å²) < 4.78 is 6.37. The number of nitrogens with zero attached hydrogens (tertiary/aromatic N) is 3. The highest BCUT2D eigenvalue weighted by Crippen LogP contribution is 2.30. The zero-order valence-corrected chi connectivity index (χ0v) is 16.3. The molecule has 1 fully saturated rings. The predicted octanol–water partition coefficient (Wildman–Crippen LogP) is 3.00. The van der Waals surface area contributed by atoms with Gasteiger partial charge in [-0.3, -0.25) is 9.69 Å². The molecule has 142 valence electrons. The molecule has 27 heavy (non-hydrogen) atoms. The number of thiazole rings is 1. The largest absolute Gasteiger partial charge is 0.459 e. The van der Waals surface area contributed by atoms with E-state index in [4.69, 9.17) is 9.40 Å². The van der Waals surface area contributed by atoms with Crippen LogP contribution in [-0.4, -0.2) is 55.1 Å². The number of hydrogen-bond acceptors (Lipinski definition) is 6. The van der Waals surface area contributed by atoms with Crippen molar-refractivity contribution in [3.05, 3.63) is 47.9 Å². The Morgan fingerprint density at radius 3 is 2.85 bits per heavy atom. The highest BCUT2D eigenvalue weighted by molar-refractivity contribution is 7.22. The number of rotatable bonds is 6. The summed E-state index contributed by atoms with van der Waals surface area (Å²) in [6.45, 7) is 7.54. The lowest BCUT2D eigenvalue weighted by Crippen LogP contribution is -2.48. The quantitative estimate of drug-likeness (QED) is 0.708. The number of benzene rings is 1. The number of anilines is 1. The van der Waals surface area contributed by atoms with Crippen LogP contribution in [0, 0.1) is 0 Å². The SMILES string of the molecule is CCc1ccc2nc(N3CCN(CCNC(=O)c4ccco4)CC3)sc2c1. The molecule has 2 aromatic heterocycles. The Bertz CT molecular complexity index is 898. The summed E-state index contributed by atoms with van der Waals surface area (Å²) in [5.41, 5.74) is 2.45. The Hall–Kier alpha value is -2.38. The average Bonchev–Trinajstić information content (AvgIpc) is 3.37. The van der Waals surface area contributed by atoms with E-state index >= 15 is 0 Å². The Morgan fingerprint density at radius 2 is 2.11 bits per heavy atom. The summed E-state index contributed by atoms with van der Waals surface area (Å²) in [7, 11) is 0. The van der Waals surface area contributed by atoms with Crippen LogP contribution in [0.2, 0.25) is 0 Å². The summed E-state index contributed by atoms with van der Waals surface area (Å²) in [5, 5.41) is 4.02. The van der Waals surface area contributed by atoms with E-state index in [-0.39, 0.29) is 5.91 Å². The van der Waals surface area contributed by atoms with Crippen molar-refractivity contribution in [3.63, 3.8) is 0 Å². The fourth-order valence-electron chi connectivity index (χ4n) is 3.30. The van der Waals surface area contributed by atoms with E-state index in [1.165, 1.54) is 16.5 Å². The second kappa shape index (κ2) is 8.10. The first-order valence-corrected chi connectivity index (χ1v) is 10.2. The van der Waals surface area contributed by atoms with Crippen LogP contribution < -0.4 is 10.2 Å². The molecule has 3 aromatic rings. The monoisotopic (exact) mass is 384 g/mol. The molecule has 0 unspecified atom stereocenters. The molecule has 3 heterocycles. The van der Waals surface area contributed by atoms with Crippen molar-refractivity contribution < 1.29 is 9.21 Å². The van der Waals surface area contributed by atoms with E-state index in [1.54, 1.807) is 23.5 Å². The van der Waals surface area contributed by atoms with Crippen LogP contribution in [0.25, 0.3) is 10.2 Å². The molecule has 0 bridgehead atoms. The van der Waals surface area contributed by atoms with Gasteiger partial charge in [0.15, 0.2) is 10.9 Å². The van der Waals surface area contributed by atoms with E-state index in [9.17, 15) is 4.79 Å². The number of fused-ring (bicyclic) bond motifs is 1. The van der Waals surface area contributed by atoms with E-state index < -0.39 is 0 Å². The van der Waals surface area contributed by atoms with E-state index in [2.05, 4.69) is 40.2 Å². The zero-order chi connectivity index (χ0) is 18.6. The van der Waals surface area contributed by atoms with Gasteiger partial charge in [0.1, 0.15) is 0 Å². The number of piperazine rings is 1. The number of nitrogens with one attached hydrogen (secondary N) is 1. The highest BCUT2D eigenvalue weighted by atomic mass is 32.1. The first-order valence-electron chi connectivity index (χ1n) is 9.41. The number of carbonyl (C=O) groups excluding carboxylic acids is 1. The van der Waals surface area contributed by atoms with Gasteiger partial charge in [-0.05, 0) is 36.2 Å². The van der Waals surface area contributed by atoms with Gasteiger partial charge in [-0.25, -0.2) is 4.98 Å². The Labute approximate surface area is 162 Å². The summed E-state index contributed by atoms with van der Waals surface area (Å²) in [6, 6.07) is 9.95. The van der Waals surface area contributed by atoms with Crippen LogP contribution in [-0.2, 0) is 6.42 Å². The molecule has 7 heteroatoms. The fourth-order valence-corrected chi connectivity index (χ4v) is 4.38. The molecule has 0 saturated carbocycles. The fraction of sp³-hybridized carbons (Fsp3) is 0.400. The number of carbonyl (C=O) groups is 1. The molecular weight excluding hydrogens is 360 g/mol. The molecule has 1 N–H and O–H groups in total. The number of hydrogen-bond donors (Lipinski definition) is 1. The molecular formula is C20H24N4O2S. The molecule has 6 nitrogen and oxygen atoms in total. The van der Waals surface area contributed by atoms with Crippen molar-refractivity contribution in [2.45, 2.75) is 13.3 Å². The molecule has 0 atom stereocenters. The highest BCUT2D eigenvalue weighted by Gasteiger charge is 2.20. The van der Waals surface area contributed by atoms with Crippen LogP contribution in [0.4, 0.5) is 5.13 Å². The van der Waals surface area contributed by atoms with E-state index in [0.717, 1.165) is 49.8 Å². The van der Waals surface area contributed by atoms with Gasteiger partial charge in [-0.1, -0.05) is 24.3 Å². The Balaban J connectivity index is 1.27. The minimum absolute atomic E-state index is 0.153. The molecule has 1 aliphatic heterocycles. The summed E-state index contributed by atoms with van der Waals surface area (Å²) in [6.07, 6.45) is 2.57. The average molecular weight is 385 g/mol. The van der Waals surface area contributed by atoms with Crippen LogP contribution in [0.1, 0.15) is 23.0 Å². The van der Waals surface area contributed by atoms with Gasteiger partial charge in [0, 0.05) is 39.3 Å². The lowest BCUT2D eigenvalue weighted by Gasteiger charge is -2.34. The van der Waals surface area contributed by atoms with Crippen LogP contribution in [0.15, 0.2) is 41.0 Å². The first-order chi connectivity index (χ1) is 13.2. The number of furan rings is 1. The van der Waals surface area contributed by atoms with Crippen LogP contribution in [0.3, 0.4) is 0 Å². The maximum absolute atomic E-state index is 11.9. The van der Waals surface area contributed by atoms with Gasteiger partial charge in [-0.15, -0.1) is 0 Å². The van der Waals surface area contributed by atoms with E-state index in [1.807, 2.05) is 0 Å². The van der Waals surface area contributed by atoms with E-state index in [0.29, 0.717) is 12.3 Å². The van der Waals surface area contributed by atoms with Crippen LogP contribution >= 0.6 is 11.3 Å². The van der Waals surface area contributed by atoms with Gasteiger partial charge < -0.3 is 14.6 Å². The lowest BCUT2D eigenvalue weighted by atomic mass is 10.2. The maximum Gasteiger partial charge on any atom is 0.287 e. The number of aryl methyl sites for hydroxylation is 1. The standard InChI is InChI=1S/C20H24N4O2S/c1-2-15-5-6-16-18(14-15)27-20(22-16)24-11-9-23(10-12-24)8-7-21-19(25)17-4-3-13-26-17/h3-6,13-14H,2,7-12H2,1H3,(H,21,25). The van der Waals surface area contributed by atoms with Crippen molar-refractivity contribution >= 4 is 32.6 Å². The van der Waals surface area contributed by atoms with Gasteiger partial charge in [0.2, 0.25) is 0 Å². The zero-order valence-electron chi connectivity index (χ0n) is 15.5. The third-order valence-electron chi connectivity index (χ3n) is 4.95. The molecule has 1 saturated heterocycles. The lowest BCUT2D eigenvalue weighted by molar-refractivity contribution is 0.0920. The summed E-state index contributed by atoms with van der Waals surface area (Å²) in [4.78, 5) is 21.4. The van der Waals surface area contributed by atoms with Crippen molar-refractivity contribution in [2.75, 3.05) is 44.2 Å². The van der Waals surface area contributed by atoms with Crippen molar-refractivity contribution in [3.8, 4) is 0 Å². The Kier molecular flexibility index (Phi) is 5.40. The normalized spacial score (nSPS) is 15.4. The molecule has 0 spiro atoms. The second-order valence-corrected chi connectivity index (χ2v) is 7.72. The minimum atomic E-state index is -0.153.